The fourth-order valence-electron chi connectivity index (χ4n) is 1.21. The number of aryl methyl sites for hydroxylation is 1. The van der Waals surface area contributed by atoms with Gasteiger partial charge in [0.2, 0.25) is 0 Å². The molecule has 4 heteroatoms. The molecule has 80 valence electrons. The van der Waals surface area contributed by atoms with Crippen molar-refractivity contribution in [3.05, 3.63) is 29.8 Å². The van der Waals surface area contributed by atoms with Gasteiger partial charge in [-0.05, 0) is 37.1 Å². The zero-order valence-corrected chi connectivity index (χ0v) is 8.63. The van der Waals surface area contributed by atoms with Crippen LogP contribution in [0.2, 0.25) is 0 Å². The van der Waals surface area contributed by atoms with Crippen molar-refractivity contribution >= 4 is 18.1 Å². The van der Waals surface area contributed by atoms with E-state index in [0.717, 1.165) is 25.1 Å². The van der Waals surface area contributed by atoms with Crippen LogP contribution in [0.25, 0.3) is 0 Å². The molecule has 0 atom stereocenters. The number of nitrogens with zero attached hydrogens (tertiary/aromatic N) is 2. The van der Waals surface area contributed by atoms with Crippen LogP contribution in [0.3, 0.4) is 0 Å². The Hall–Kier alpha value is -1.68. The Bertz CT molecular complexity index is 327. The Morgan fingerprint density at radius 1 is 1.13 bits per heavy atom. The van der Waals surface area contributed by atoms with Crippen LogP contribution < -0.4 is 11.6 Å². The lowest BCUT2D eigenvalue weighted by atomic mass is 10.1. The van der Waals surface area contributed by atoms with Crippen LogP contribution >= 0.6 is 0 Å². The fraction of sp³-hybridized carbons (Fsp3) is 0.273. The van der Waals surface area contributed by atoms with Gasteiger partial charge in [0, 0.05) is 6.21 Å². The SMILES string of the molecule is NCCCc1ccc(N=CC=NN)cc1. The van der Waals surface area contributed by atoms with Gasteiger partial charge in [-0.25, -0.2) is 0 Å². The molecule has 15 heavy (non-hydrogen) atoms. The van der Waals surface area contributed by atoms with Crippen LogP contribution in [0.5, 0.6) is 0 Å². The predicted molar refractivity (Wildman–Crippen MR) is 64.6 cm³/mol. The minimum absolute atomic E-state index is 0.729. The second kappa shape index (κ2) is 6.73. The van der Waals surface area contributed by atoms with E-state index in [1.54, 1.807) is 6.21 Å². The fourth-order valence-corrected chi connectivity index (χ4v) is 1.21. The van der Waals surface area contributed by atoms with Crippen LogP contribution in [-0.2, 0) is 6.42 Å². The summed E-state index contributed by atoms with van der Waals surface area (Å²) < 4.78 is 0. The number of aliphatic imine (C=N–C) groups is 1. The Morgan fingerprint density at radius 2 is 1.87 bits per heavy atom. The monoisotopic (exact) mass is 204 g/mol. The molecule has 0 radical (unpaired) electrons. The van der Waals surface area contributed by atoms with Gasteiger partial charge in [-0.15, -0.1) is 0 Å². The van der Waals surface area contributed by atoms with Gasteiger partial charge in [-0.2, -0.15) is 5.10 Å². The van der Waals surface area contributed by atoms with Crippen molar-refractivity contribution < 1.29 is 0 Å². The molecular weight excluding hydrogens is 188 g/mol. The van der Waals surface area contributed by atoms with Gasteiger partial charge < -0.3 is 11.6 Å². The molecule has 0 bridgehead atoms. The molecule has 1 aromatic rings. The molecule has 0 unspecified atom stereocenters. The minimum Gasteiger partial charge on any atom is -0.330 e. The van der Waals surface area contributed by atoms with E-state index in [0.29, 0.717) is 0 Å². The average Bonchev–Trinajstić information content (AvgIpc) is 2.28. The number of hydrogen-bond acceptors (Lipinski definition) is 4. The molecule has 1 aromatic carbocycles. The summed E-state index contributed by atoms with van der Waals surface area (Å²) in [6, 6.07) is 8.04. The Morgan fingerprint density at radius 3 is 2.47 bits per heavy atom. The number of benzene rings is 1. The molecule has 0 aliphatic rings. The molecule has 0 fully saturated rings. The van der Waals surface area contributed by atoms with E-state index >= 15 is 0 Å². The maximum absolute atomic E-state index is 5.44. The van der Waals surface area contributed by atoms with E-state index < -0.39 is 0 Å². The van der Waals surface area contributed by atoms with Crippen LogP contribution in [0.15, 0.2) is 34.4 Å². The summed E-state index contributed by atoms with van der Waals surface area (Å²) in [6.45, 7) is 0.729. The third kappa shape index (κ3) is 4.37. The summed E-state index contributed by atoms with van der Waals surface area (Å²) in [6.07, 6.45) is 5.05. The quantitative estimate of drug-likeness (QED) is 0.430. The van der Waals surface area contributed by atoms with Gasteiger partial charge in [0.25, 0.3) is 0 Å². The zero-order valence-electron chi connectivity index (χ0n) is 8.63. The Balaban J connectivity index is 2.56. The number of nitrogens with two attached hydrogens (primary N) is 2. The molecule has 0 spiro atoms. The van der Waals surface area contributed by atoms with E-state index in [1.807, 2.05) is 12.1 Å². The molecule has 0 aliphatic carbocycles. The maximum atomic E-state index is 5.44. The molecule has 0 amide bonds. The van der Waals surface area contributed by atoms with Gasteiger partial charge >= 0.3 is 0 Å². The molecule has 1 rings (SSSR count). The lowest BCUT2D eigenvalue weighted by molar-refractivity contribution is 0.833. The highest BCUT2D eigenvalue weighted by Gasteiger charge is 1.92. The lowest BCUT2D eigenvalue weighted by Gasteiger charge is -1.99. The third-order valence-electron chi connectivity index (χ3n) is 1.98. The van der Waals surface area contributed by atoms with Gasteiger partial charge in [0.05, 0.1) is 11.9 Å². The van der Waals surface area contributed by atoms with E-state index in [2.05, 4.69) is 22.2 Å². The zero-order chi connectivity index (χ0) is 10.9. The summed E-state index contributed by atoms with van der Waals surface area (Å²) in [5.41, 5.74) is 7.62. The highest BCUT2D eigenvalue weighted by Crippen LogP contribution is 2.13. The standard InChI is InChI=1S/C11H16N4/c12-7-1-2-10-3-5-11(6-4-10)14-8-9-15-13/h3-6,8-9H,1-2,7,12-13H2. The van der Waals surface area contributed by atoms with Crippen LogP contribution in [-0.4, -0.2) is 19.0 Å². The van der Waals surface area contributed by atoms with Gasteiger partial charge in [0.15, 0.2) is 0 Å². The maximum Gasteiger partial charge on any atom is 0.0648 e. The van der Waals surface area contributed by atoms with Gasteiger partial charge in [-0.1, -0.05) is 12.1 Å². The van der Waals surface area contributed by atoms with E-state index in [-0.39, 0.29) is 0 Å². The highest BCUT2D eigenvalue weighted by atomic mass is 15.1. The van der Waals surface area contributed by atoms with Crippen molar-refractivity contribution in [2.24, 2.45) is 21.7 Å². The molecule has 0 saturated carbocycles. The summed E-state index contributed by atoms with van der Waals surface area (Å²) in [7, 11) is 0. The number of hydrazone groups is 1. The normalized spacial score (nSPS) is 11.5. The van der Waals surface area contributed by atoms with Gasteiger partial charge in [-0.3, -0.25) is 4.99 Å². The Kier molecular flexibility index (Phi) is 5.11. The van der Waals surface area contributed by atoms with Crippen molar-refractivity contribution in [3.8, 4) is 0 Å². The van der Waals surface area contributed by atoms with Crippen molar-refractivity contribution in [1.29, 1.82) is 0 Å². The molecular formula is C11H16N4. The Labute approximate surface area is 89.7 Å². The number of hydrogen-bond donors (Lipinski definition) is 2. The van der Waals surface area contributed by atoms with Crippen molar-refractivity contribution in [3.63, 3.8) is 0 Å². The van der Waals surface area contributed by atoms with Crippen molar-refractivity contribution in [2.75, 3.05) is 6.54 Å². The largest absolute Gasteiger partial charge is 0.330 e. The van der Waals surface area contributed by atoms with Gasteiger partial charge in [0.1, 0.15) is 0 Å². The molecule has 0 saturated heterocycles. The third-order valence-corrected chi connectivity index (χ3v) is 1.98. The van der Waals surface area contributed by atoms with Crippen molar-refractivity contribution in [2.45, 2.75) is 12.8 Å². The van der Waals surface area contributed by atoms with Crippen LogP contribution in [0, 0.1) is 0 Å². The average molecular weight is 204 g/mol. The first-order chi connectivity index (χ1) is 7.36. The summed E-state index contributed by atoms with van der Waals surface area (Å²) >= 11 is 0. The highest BCUT2D eigenvalue weighted by molar-refractivity contribution is 6.16. The van der Waals surface area contributed by atoms with E-state index in [9.17, 15) is 0 Å². The van der Waals surface area contributed by atoms with Crippen LogP contribution in [0.1, 0.15) is 12.0 Å². The molecule has 0 aliphatic heterocycles. The minimum atomic E-state index is 0.729. The topological polar surface area (TPSA) is 76.8 Å². The van der Waals surface area contributed by atoms with Crippen LogP contribution in [0.4, 0.5) is 5.69 Å². The molecule has 0 aromatic heterocycles. The molecule has 4 nitrogen and oxygen atoms in total. The van der Waals surface area contributed by atoms with E-state index in [1.165, 1.54) is 11.8 Å². The summed E-state index contributed by atoms with van der Waals surface area (Å²) in [5.74, 6) is 4.94. The second-order valence-electron chi connectivity index (χ2n) is 3.13. The second-order valence-corrected chi connectivity index (χ2v) is 3.13. The first kappa shape index (κ1) is 11.4. The van der Waals surface area contributed by atoms with Crippen molar-refractivity contribution in [1.82, 2.24) is 0 Å². The predicted octanol–water partition coefficient (Wildman–Crippen LogP) is 1.22. The summed E-state index contributed by atoms with van der Waals surface area (Å²) in [5, 5.41) is 3.32. The number of rotatable bonds is 5. The summed E-state index contributed by atoms with van der Waals surface area (Å²) in [4.78, 5) is 4.14. The first-order valence-electron chi connectivity index (χ1n) is 4.91. The molecule has 4 N–H and O–H groups in total. The van der Waals surface area contributed by atoms with E-state index in [4.69, 9.17) is 11.6 Å². The first-order valence-corrected chi connectivity index (χ1v) is 4.91. The lowest BCUT2D eigenvalue weighted by Crippen LogP contribution is -1.99. The molecule has 0 heterocycles. The smallest absolute Gasteiger partial charge is 0.0648 e.